The van der Waals surface area contributed by atoms with Crippen molar-refractivity contribution in [3.63, 3.8) is 0 Å². The molecule has 1 aromatic heterocycles. The average molecular weight is 424 g/mol. The molecule has 118 valence electrons. The number of halogens is 1. The zero-order valence-corrected chi connectivity index (χ0v) is 14.6. The van der Waals surface area contributed by atoms with Gasteiger partial charge in [-0.1, -0.05) is 0 Å². The van der Waals surface area contributed by atoms with Crippen molar-refractivity contribution in [3.05, 3.63) is 56.5 Å². The number of ether oxygens (including phenoxy) is 3. The van der Waals surface area contributed by atoms with E-state index < -0.39 is 5.63 Å². The van der Waals surface area contributed by atoms with Gasteiger partial charge < -0.3 is 18.6 Å². The molecule has 0 aliphatic heterocycles. The Morgan fingerprint density at radius 1 is 0.913 bits per heavy atom. The lowest BCUT2D eigenvalue weighted by atomic mass is 10.2. The molecule has 2 aromatic carbocycles. The fraction of sp³-hybridized carbons (Fsp3) is 0.118. The zero-order chi connectivity index (χ0) is 16.4. The Morgan fingerprint density at radius 2 is 1.52 bits per heavy atom. The van der Waals surface area contributed by atoms with E-state index in [1.165, 1.54) is 0 Å². The van der Waals surface area contributed by atoms with Crippen molar-refractivity contribution in [2.24, 2.45) is 0 Å². The Kier molecular flexibility index (Phi) is 4.42. The summed E-state index contributed by atoms with van der Waals surface area (Å²) in [6, 6.07) is 12.4. The number of rotatable bonds is 4. The van der Waals surface area contributed by atoms with Gasteiger partial charge in [-0.25, -0.2) is 4.79 Å². The first-order chi connectivity index (χ1) is 11.1. The highest BCUT2D eigenvalue weighted by molar-refractivity contribution is 14.1. The standard InChI is InChI=1S/C17H13IO5/c1-20-10-3-5-11(6-4-10)22-16-13-8-7-12(21-2)9-14(13)23-17(19)15(16)18/h3-9H,1-2H3. The topological polar surface area (TPSA) is 57.9 Å². The summed E-state index contributed by atoms with van der Waals surface area (Å²) < 4.78 is 21.9. The van der Waals surface area contributed by atoms with Gasteiger partial charge in [0.05, 0.1) is 19.6 Å². The summed E-state index contributed by atoms with van der Waals surface area (Å²) in [5.41, 5.74) is -0.0341. The molecule has 0 saturated carbocycles. The van der Waals surface area contributed by atoms with E-state index in [2.05, 4.69) is 0 Å². The van der Waals surface area contributed by atoms with Crippen LogP contribution in [-0.4, -0.2) is 14.2 Å². The molecule has 23 heavy (non-hydrogen) atoms. The lowest BCUT2D eigenvalue weighted by Crippen LogP contribution is -2.06. The summed E-state index contributed by atoms with van der Waals surface area (Å²) in [6.07, 6.45) is 0. The molecule has 0 aliphatic carbocycles. The van der Waals surface area contributed by atoms with Crippen LogP contribution in [0.1, 0.15) is 0 Å². The number of benzene rings is 2. The van der Waals surface area contributed by atoms with Crippen LogP contribution in [0.4, 0.5) is 0 Å². The molecule has 5 nitrogen and oxygen atoms in total. The van der Waals surface area contributed by atoms with Crippen molar-refractivity contribution in [1.29, 1.82) is 0 Å². The number of methoxy groups -OCH3 is 2. The van der Waals surface area contributed by atoms with Gasteiger partial charge in [-0.3, -0.25) is 0 Å². The van der Waals surface area contributed by atoms with Crippen molar-refractivity contribution in [3.8, 4) is 23.0 Å². The van der Waals surface area contributed by atoms with Crippen molar-refractivity contribution >= 4 is 33.6 Å². The summed E-state index contributed by atoms with van der Waals surface area (Å²) in [6.45, 7) is 0. The van der Waals surface area contributed by atoms with Gasteiger partial charge in [0.25, 0.3) is 0 Å². The van der Waals surface area contributed by atoms with E-state index in [0.29, 0.717) is 31.8 Å². The van der Waals surface area contributed by atoms with Gasteiger partial charge in [0.2, 0.25) is 0 Å². The highest BCUT2D eigenvalue weighted by Gasteiger charge is 2.15. The number of hydrogen-bond donors (Lipinski definition) is 0. The average Bonchev–Trinajstić information content (AvgIpc) is 2.59. The van der Waals surface area contributed by atoms with Crippen LogP contribution in [0, 0.1) is 3.57 Å². The quantitative estimate of drug-likeness (QED) is 0.464. The Morgan fingerprint density at radius 3 is 2.17 bits per heavy atom. The molecule has 3 rings (SSSR count). The monoisotopic (exact) mass is 424 g/mol. The highest BCUT2D eigenvalue weighted by atomic mass is 127. The van der Waals surface area contributed by atoms with Crippen LogP contribution in [0.5, 0.6) is 23.0 Å². The van der Waals surface area contributed by atoms with Crippen molar-refractivity contribution in [2.45, 2.75) is 0 Å². The van der Waals surface area contributed by atoms with Crippen molar-refractivity contribution in [1.82, 2.24) is 0 Å². The molecule has 0 N–H and O–H groups in total. The maximum absolute atomic E-state index is 12.0. The SMILES string of the molecule is COc1ccc(Oc2c(I)c(=O)oc3cc(OC)ccc23)cc1. The molecule has 0 bridgehead atoms. The van der Waals surface area contributed by atoms with Crippen molar-refractivity contribution in [2.75, 3.05) is 14.2 Å². The van der Waals surface area contributed by atoms with E-state index in [-0.39, 0.29) is 0 Å². The van der Waals surface area contributed by atoms with Gasteiger partial charge in [0, 0.05) is 6.07 Å². The van der Waals surface area contributed by atoms with Gasteiger partial charge in [-0.2, -0.15) is 0 Å². The third-order valence-corrected chi connectivity index (χ3v) is 4.22. The summed E-state index contributed by atoms with van der Waals surface area (Å²) >= 11 is 1.92. The minimum absolute atomic E-state index is 0.385. The molecule has 0 amide bonds. The van der Waals surface area contributed by atoms with Gasteiger partial charge >= 0.3 is 5.63 Å². The molecule has 0 aliphatic rings. The lowest BCUT2D eigenvalue weighted by molar-refractivity contribution is 0.412. The van der Waals surface area contributed by atoms with Gasteiger partial charge in [-0.15, -0.1) is 0 Å². The molecule has 0 unspecified atom stereocenters. The van der Waals surface area contributed by atoms with Crippen LogP contribution in [0.3, 0.4) is 0 Å². The predicted molar refractivity (Wildman–Crippen MR) is 94.8 cm³/mol. The molecule has 3 aromatic rings. The minimum Gasteiger partial charge on any atom is -0.497 e. The second-order valence-corrected chi connectivity index (χ2v) is 5.75. The molecule has 0 atom stereocenters. The maximum atomic E-state index is 12.0. The Balaban J connectivity index is 2.11. The largest absolute Gasteiger partial charge is 0.497 e. The fourth-order valence-electron chi connectivity index (χ4n) is 2.12. The fourth-order valence-corrected chi connectivity index (χ4v) is 2.63. The minimum atomic E-state index is -0.449. The molecule has 0 saturated heterocycles. The molecule has 0 fully saturated rings. The summed E-state index contributed by atoms with van der Waals surface area (Å²) in [4.78, 5) is 12.0. The highest BCUT2D eigenvalue weighted by Crippen LogP contribution is 2.34. The molecule has 0 spiro atoms. The smallest absolute Gasteiger partial charge is 0.353 e. The third kappa shape index (κ3) is 3.12. The molecule has 1 heterocycles. The second-order valence-electron chi connectivity index (χ2n) is 4.67. The van der Waals surface area contributed by atoms with Gasteiger partial charge in [-0.05, 0) is 59.0 Å². The van der Waals surface area contributed by atoms with Crippen LogP contribution in [0.25, 0.3) is 11.0 Å². The normalized spacial score (nSPS) is 10.6. The number of hydrogen-bond acceptors (Lipinski definition) is 5. The zero-order valence-electron chi connectivity index (χ0n) is 12.5. The second kappa shape index (κ2) is 6.49. The molecule has 0 radical (unpaired) electrons. The first-order valence-electron chi connectivity index (χ1n) is 6.74. The lowest BCUT2D eigenvalue weighted by Gasteiger charge is -2.11. The molecule has 6 heteroatoms. The molecular formula is C17H13IO5. The van der Waals surface area contributed by atoms with Crippen LogP contribution in [0.15, 0.2) is 51.7 Å². The van der Waals surface area contributed by atoms with E-state index in [9.17, 15) is 4.79 Å². The van der Waals surface area contributed by atoms with Gasteiger partial charge in [0.15, 0.2) is 5.75 Å². The molecular weight excluding hydrogens is 411 g/mol. The Bertz CT molecular complexity index is 899. The summed E-state index contributed by atoms with van der Waals surface area (Å²) in [5, 5.41) is 0.700. The van der Waals surface area contributed by atoms with Gasteiger partial charge in [0.1, 0.15) is 26.4 Å². The summed E-state index contributed by atoms with van der Waals surface area (Å²) in [7, 11) is 3.16. The van der Waals surface area contributed by atoms with E-state index in [4.69, 9.17) is 18.6 Å². The van der Waals surface area contributed by atoms with E-state index in [1.807, 2.05) is 22.6 Å². The Hall–Kier alpha value is -2.22. The van der Waals surface area contributed by atoms with Crippen LogP contribution in [0.2, 0.25) is 0 Å². The number of fused-ring (bicyclic) bond motifs is 1. The van der Waals surface area contributed by atoms with Crippen LogP contribution >= 0.6 is 22.6 Å². The third-order valence-electron chi connectivity index (χ3n) is 3.29. The van der Waals surface area contributed by atoms with Crippen LogP contribution < -0.4 is 19.8 Å². The van der Waals surface area contributed by atoms with E-state index >= 15 is 0 Å². The van der Waals surface area contributed by atoms with Crippen LogP contribution in [-0.2, 0) is 0 Å². The predicted octanol–water partition coefficient (Wildman–Crippen LogP) is 4.21. The van der Waals surface area contributed by atoms with E-state index in [1.54, 1.807) is 56.7 Å². The summed E-state index contributed by atoms with van der Waals surface area (Å²) in [5.74, 6) is 2.41. The maximum Gasteiger partial charge on any atom is 0.353 e. The first kappa shape index (κ1) is 15.7. The first-order valence-corrected chi connectivity index (χ1v) is 7.82. The van der Waals surface area contributed by atoms with Crippen molar-refractivity contribution < 1.29 is 18.6 Å². The Labute approximate surface area is 145 Å². The van der Waals surface area contributed by atoms with E-state index in [0.717, 1.165) is 5.75 Å².